The lowest BCUT2D eigenvalue weighted by Crippen LogP contribution is -1.96. The third-order valence-corrected chi connectivity index (χ3v) is 2.27. The maximum absolute atomic E-state index is 12.9. The Bertz CT molecular complexity index is 627. The van der Waals surface area contributed by atoms with Crippen LogP contribution in [0.2, 0.25) is 0 Å². The molecule has 0 unspecified atom stereocenters. The van der Waals surface area contributed by atoms with Crippen molar-refractivity contribution in [3.8, 4) is 11.5 Å². The van der Waals surface area contributed by atoms with E-state index >= 15 is 0 Å². The Morgan fingerprint density at radius 2 is 1.68 bits per heavy atom. The Balaban J connectivity index is 2.28. The molecule has 2 rings (SSSR count). The van der Waals surface area contributed by atoms with Crippen molar-refractivity contribution in [1.82, 2.24) is 0 Å². The summed E-state index contributed by atoms with van der Waals surface area (Å²) in [6.45, 7) is 0. The van der Waals surface area contributed by atoms with E-state index in [0.29, 0.717) is 6.07 Å². The molecule has 0 radical (unpaired) electrons. The quantitative estimate of drug-likeness (QED) is 0.525. The van der Waals surface area contributed by atoms with Gasteiger partial charge in [-0.3, -0.25) is 10.1 Å². The number of nitrogen functional groups attached to an aromatic ring is 1. The lowest BCUT2D eigenvalue weighted by atomic mass is 10.2. The second kappa shape index (κ2) is 4.89. The zero-order chi connectivity index (χ0) is 14.0. The molecule has 0 saturated heterocycles. The van der Waals surface area contributed by atoms with Crippen LogP contribution in [0, 0.1) is 21.7 Å². The molecule has 0 aromatic heterocycles. The molecular formula is C12H8F2N2O3. The Morgan fingerprint density at radius 1 is 1.05 bits per heavy atom. The molecule has 2 aromatic carbocycles. The van der Waals surface area contributed by atoms with E-state index in [0.717, 1.165) is 18.2 Å². The number of nitrogens with two attached hydrogens (primary N) is 1. The third kappa shape index (κ3) is 2.95. The number of hydrogen-bond donors (Lipinski definition) is 1. The maximum Gasteiger partial charge on any atom is 0.292 e. The van der Waals surface area contributed by atoms with Gasteiger partial charge in [0.15, 0.2) is 0 Å². The number of ether oxygens (including phenoxy) is 1. The van der Waals surface area contributed by atoms with Crippen molar-refractivity contribution in [2.45, 2.75) is 0 Å². The number of hydrogen-bond acceptors (Lipinski definition) is 4. The predicted molar refractivity (Wildman–Crippen MR) is 63.9 cm³/mol. The maximum atomic E-state index is 12.9. The summed E-state index contributed by atoms with van der Waals surface area (Å²) >= 11 is 0. The van der Waals surface area contributed by atoms with Gasteiger partial charge in [0, 0.05) is 30.3 Å². The molecule has 2 N–H and O–H groups in total. The van der Waals surface area contributed by atoms with Crippen LogP contribution >= 0.6 is 0 Å². The van der Waals surface area contributed by atoms with Crippen LogP contribution in [0.1, 0.15) is 0 Å². The van der Waals surface area contributed by atoms with E-state index in [1.807, 2.05) is 0 Å². The topological polar surface area (TPSA) is 78.4 Å². The molecule has 98 valence electrons. The molecule has 2 aromatic rings. The molecule has 19 heavy (non-hydrogen) atoms. The molecule has 0 amide bonds. The second-order valence-corrected chi connectivity index (χ2v) is 3.68. The van der Waals surface area contributed by atoms with Crippen molar-refractivity contribution in [3.05, 3.63) is 58.1 Å². The number of nitro benzene ring substituents is 1. The summed E-state index contributed by atoms with van der Waals surface area (Å²) in [4.78, 5) is 9.93. The van der Waals surface area contributed by atoms with Crippen molar-refractivity contribution in [2.75, 3.05) is 5.73 Å². The summed E-state index contributed by atoms with van der Waals surface area (Å²) in [6, 6.07) is 6.33. The summed E-state index contributed by atoms with van der Waals surface area (Å²) in [5, 5.41) is 10.6. The first-order valence-electron chi connectivity index (χ1n) is 5.13. The van der Waals surface area contributed by atoms with Gasteiger partial charge in [-0.25, -0.2) is 8.78 Å². The number of halogens is 2. The van der Waals surface area contributed by atoms with Crippen LogP contribution < -0.4 is 10.5 Å². The molecule has 0 aliphatic heterocycles. The Labute approximate surface area is 106 Å². The predicted octanol–water partition coefficient (Wildman–Crippen LogP) is 3.25. The van der Waals surface area contributed by atoms with E-state index < -0.39 is 16.6 Å². The van der Waals surface area contributed by atoms with E-state index in [1.165, 1.54) is 12.1 Å². The zero-order valence-electron chi connectivity index (χ0n) is 9.47. The molecule has 0 saturated carbocycles. The number of anilines is 1. The number of rotatable bonds is 3. The number of nitro groups is 1. The molecule has 5 nitrogen and oxygen atoms in total. The Kier molecular flexibility index (Phi) is 3.28. The molecule has 0 heterocycles. The smallest absolute Gasteiger partial charge is 0.292 e. The van der Waals surface area contributed by atoms with Gasteiger partial charge in [-0.2, -0.15) is 0 Å². The minimum Gasteiger partial charge on any atom is -0.457 e. The van der Waals surface area contributed by atoms with Gasteiger partial charge in [0.1, 0.15) is 28.8 Å². The monoisotopic (exact) mass is 266 g/mol. The fourth-order valence-electron chi connectivity index (χ4n) is 1.49. The van der Waals surface area contributed by atoms with Crippen LogP contribution in [0.25, 0.3) is 0 Å². The molecule has 0 bridgehead atoms. The average Bonchev–Trinajstić information content (AvgIpc) is 2.26. The van der Waals surface area contributed by atoms with E-state index in [4.69, 9.17) is 10.5 Å². The van der Waals surface area contributed by atoms with Crippen molar-refractivity contribution in [1.29, 1.82) is 0 Å². The van der Waals surface area contributed by atoms with Crippen molar-refractivity contribution in [3.63, 3.8) is 0 Å². The van der Waals surface area contributed by atoms with Crippen LogP contribution in [0.4, 0.5) is 20.2 Å². The number of benzene rings is 2. The second-order valence-electron chi connectivity index (χ2n) is 3.68. The summed E-state index contributed by atoms with van der Waals surface area (Å²) in [5.74, 6) is -1.49. The standard InChI is InChI=1S/C12H8F2N2O3/c13-7-3-8(14)5-10(4-7)19-9-1-2-12(16(17)18)11(15)6-9/h1-6H,15H2. The summed E-state index contributed by atoms with van der Waals surface area (Å²) in [7, 11) is 0. The van der Waals surface area contributed by atoms with Crippen LogP contribution in [0.15, 0.2) is 36.4 Å². The highest BCUT2D eigenvalue weighted by Crippen LogP contribution is 2.29. The largest absolute Gasteiger partial charge is 0.457 e. The lowest BCUT2D eigenvalue weighted by Gasteiger charge is -2.06. The van der Waals surface area contributed by atoms with Crippen molar-refractivity contribution < 1.29 is 18.4 Å². The average molecular weight is 266 g/mol. The van der Waals surface area contributed by atoms with Crippen molar-refractivity contribution >= 4 is 11.4 Å². The first-order chi connectivity index (χ1) is 8.95. The molecule has 0 spiro atoms. The molecular weight excluding hydrogens is 258 g/mol. The summed E-state index contributed by atoms with van der Waals surface area (Å²) in [6.07, 6.45) is 0. The molecule has 0 atom stereocenters. The SMILES string of the molecule is Nc1cc(Oc2cc(F)cc(F)c2)ccc1[N+](=O)[O-]. The van der Waals surface area contributed by atoms with Gasteiger partial charge in [-0.1, -0.05) is 0 Å². The van der Waals surface area contributed by atoms with Gasteiger partial charge in [0.2, 0.25) is 0 Å². The van der Waals surface area contributed by atoms with E-state index in [2.05, 4.69) is 0 Å². The molecule has 0 aliphatic rings. The Hall–Kier alpha value is -2.70. The first kappa shape index (κ1) is 12.7. The van der Waals surface area contributed by atoms with Crippen LogP contribution in [-0.4, -0.2) is 4.92 Å². The Morgan fingerprint density at radius 3 is 2.21 bits per heavy atom. The normalized spacial score (nSPS) is 10.2. The minimum atomic E-state index is -0.787. The molecule has 7 heteroatoms. The summed E-state index contributed by atoms with van der Waals surface area (Å²) in [5.41, 5.74) is 5.10. The van der Waals surface area contributed by atoms with E-state index in [9.17, 15) is 18.9 Å². The van der Waals surface area contributed by atoms with Crippen molar-refractivity contribution in [2.24, 2.45) is 0 Å². The fourth-order valence-corrected chi connectivity index (χ4v) is 1.49. The fraction of sp³-hybridized carbons (Fsp3) is 0. The summed E-state index contributed by atoms with van der Waals surface area (Å²) < 4.78 is 31.1. The zero-order valence-corrected chi connectivity index (χ0v) is 9.47. The number of nitrogens with zero attached hydrogens (tertiary/aromatic N) is 1. The van der Waals surface area contributed by atoms with Gasteiger partial charge >= 0.3 is 0 Å². The highest BCUT2D eigenvalue weighted by atomic mass is 19.1. The minimum absolute atomic E-state index is 0.0641. The third-order valence-electron chi connectivity index (χ3n) is 2.27. The van der Waals surface area contributed by atoms with Gasteiger partial charge in [0.25, 0.3) is 5.69 Å². The molecule has 0 fully saturated rings. The van der Waals surface area contributed by atoms with Crippen LogP contribution in [-0.2, 0) is 0 Å². The van der Waals surface area contributed by atoms with E-state index in [1.54, 1.807) is 0 Å². The highest BCUT2D eigenvalue weighted by Gasteiger charge is 2.12. The highest BCUT2D eigenvalue weighted by molar-refractivity contribution is 5.61. The molecule has 0 aliphatic carbocycles. The van der Waals surface area contributed by atoms with Gasteiger partial charge in [0.05, 0.1) is 4.92 Å². The van der Waals surface area contributed by atoms with Gasteiger partial charge < -0.3 is 10.5 Å². The van der Waals surface area contributed by atoms with E-state index in [-0.39, 0.29) is 22.9 Å². The van der Waals surface area contributed by atoms with Crippen LogP contribution in [0.5, 0.6) is 11.5 Å². The first-order valence-corrected chi connectivity index (χ1v) is 5.13. The lowest BCUT2D eigenvalue weighted by molar-refractivity contribution is -0.383. The van der Waals surface area contributed by atoms with Gasteiger partial charge in [-0.15, -0.1) is 0 Å². The van der Waals surface area contributed by atoms with Crippen LogP contribution in [0.3, 0.4) is 0 Å². The van der Waals surface area contributed by atoms with Gasteiger partial charge in [-0.05, 0) is 6.07 Å².